The van der Waals surface area contributed by atoms with Gasteiger partial charge in [-0.3, -0.25) is 4.90 Å². The molecular weight excluding hydrogens is 478 g/mol. The van der Waals surface area contributed by atoms with Crippen LogP contribution in [0.1, 0.15) is 46.6 Å². The lowest BCUT2D eigenvalue weighted by atomic mass is 9.72. The Labute approximate surface area is 224 Å². The van der Waals surface area contributed by atoms with Crippen molar-refractivity contribution in [3.63, 3.8) is 0 Å². The minimum absolute atomic E-state index is 0.284. The average molecular weight is 516 g/mol. The summed E-state index contributed by atoms with van der Waals surface area (Å²) in [6.07, 6.45) is 3.87. The third kappa shape index (κ3) is 7.09. The van der Waals surface area contributed by atoms with E-state index < -0.39 is 11.9 Å². The van der Waals surface area contributed by atoms with E-state index in [0.717, 1.165) is 6.42 Å². The normalized spacial score (nSPS) is 22.7. The number of piperidine rings is 3. The maximum atomic E-state index is 9.10. The second-order valence-corrected chi connectivity index (χ2v) is 10.5. The number of carboxylic acids is 2. The van der Waals surface area contributed by atoms with Crippen LogP contribution in [0.3, 0.4) is 0 Å². The Morgan fingerprint density at radius 1 is 0.842 bits per heavy atom. The van der Waals surface area contributed by atoms with Crippen LogP contribution in [0.4, 0.5) is 0 Å². The summed E-state index contributed by atoms with van der Waals surface area (Å²) < 4.78 is 6.82. The summed E-state index contributed by atoms with van der Waals surface area (Å²) in [4.78, 5) is 20.9. The molecule has 6 nitrogen and oxygen atoms in total. The number of nitrogens with zero attached hydrogens (tertiary/aromatic N) is 1. The zero-order valence-corrected chi connectivity index (χ0v) is 22.1. The van der Waals surface area contributed by atoms with E-state index in [2.05, 4.69) is 97.6 Å². The van der Waals surface area contributed by atoms with Gasteiger partial charge in [0, 0.05) is 12.0 Å². The highest BCUT2D eigenvalue weighted by atomic mass is 16.5. The smallest absolute Gasteiger partial charge is 0.414 e. The predicted octanol–water partition coefficient (Wildman–Crippen LogP) is 5.46. The van der Waals surface area contributed by atoms with Crippen molar-refractivity contribution in [2.45, 2.75) is 57.8 Å². The van der Waals surface area contributed by atoms with Gasteiger partial charge in [0.25, 0.3) is 0 Å². The highest BCUT2D eigenvalue weighted by Gasteiger charge is 2.46. The lowest BCUT2D eigenvalue weighted by Gasteiger charge is -2.53. The van der Waals surface area contributed by atoms with Gasteiger partial charge >= 0.3 is 11.9 Å². The maximum absolute atomic E-state index is 9.10. The summed E-state index contributed by atoms with van der Waals surface area (Å²) >= 11 is 0. The first-order chi connectivity index (χ1) is 18.3. The van der Waals surface area contributed by atoms with E-state index >= 15 is 0 Å². The van der Waals surface area contributed by atoms with Crippen LogP contribution in [0.15, 0.2) is 78.9 Å². The molecular formula is C32H37NO5. The first-order valence-electron chi connectivity index (χ1n) is 13.3. The Kier molecular flexibility index (Phi) is 9.32. The summed E-state index contributed by atoms with van der Waals surface area (Å²) in [7, 11) is 0. The standard InChI is InChI=1S/C30H35NO.C2H2O4/c1-22-17-23(2)19-25(18-22)21-32-30-27-13-15-31(16-14-27)29(30)28(26-11-7-4-8-12-26)20-24-9-5-3-6-10-24;3-1(4)2(5)6/h3-12,17-19,27-30H,13-16,20-21H2,1-2H3;(H,3,4)(H,5,6). The molecule has 6 heteroatoms. The molecule has 3 saturated heterocycles. The fourth-order valence-corrected chi connectivity index (χ4v) is 6.10. The second-order valence-electron chi connectivity index (χ2n) is 10.5. The number of hydrogen-bond acceptors (Lipinski definition) is 4. The summed E-state index contributed by atoms with van der Waals surface area (Å²) in [5, 5.41) is 14.8. The molecule has 2 bridgehead atoms. The molecule has 0 amide bonds. The zero-order chi connectivity index (χ0) is 27.1. The number of fused-ring (bicyclic) bond motifs is 3. The number of rotatable bonds is 7. The van der Waals surface area contributed by atoms with Gasteiger partial charge in [-0.15, -0.1) is 0 Å². The molecule has 0 spiro atoms. The van der Waals surface area contributed by atoms with E-state index in [1.165, 1.54) is 53.7 Å². The molecule has 3 unspecified atom stereocenters. The quantitative estimate of drug-likeness (QED) is 0.406. The molecule has 3 heterocycles. The third-order valence-corrected chi connectivity index (χ3v) is 7.64. The van der Waals surface area contributed by atoms with Crippen molar-refractivity contribution in [1.29, 1.82) is 0 Å². The maximum Gasteiger partial charge on any atom is 0.414 e. The van der Waals surface area contributed by atoms with Crippen molar-refractivity contribution in [3.8, 4) is 0 Å². The molecule has 3 aromatic rings. The number of carboxylic acid groups (broad SMARTS) is 2. The Bertz CT molecular complexity index is 1170. The van der Waals surface area contributed by atoms with E-state index in [-0.39, 0.29) is 6.10 Å². The predicted molar refractivity (Wildman–Crippen MR) is 147 cm³/mol. The summed E-state index contributed by atoms with van der Waals surface area (Å²) in [5.74, 6) is -2.55. The molecule has 3 aliphatic rings. The van der Waals surface area contributed by atoms with Crippen molar-refractivity contribution in [2.75, 3.05) is 13.1 Å². The SMILES string of the molecule is Cc1cc(C)cc(COC2C3CCN(CC3)C2C(Cc2ccccc2)c2ccccc2)c1.O=C(O)C(=O)O. The van der Waals surface area contributed by atoms with Gasteiger partial charge < -0.3 is 14.9 Å². The number of aliphatic carboxylic acids is 2. The number of aryl methyl sites for hydroxylation is 2. The molecule has 6 rings (SSSR count). The van der Waals surface area contributed by atoms with Crippen LogP contribution in [0.5, 0.6) is 0 Å². The number of hydrogen-bond donors (Lipinski definition) is 2. The molecule has 0 aromatic heterocycles. The van der Waals surface area contributed by atoms with Gasteiger partial charge in [-0.25, -0.2) is 9.59 Å². The van der Waals surface area contributed by atoms with Crippen molar-refractivity contribution in [3.05, 3.63) is 107 Å². The Hall–Kier alpha value is -3.48. The summed E-state index contributed by atoms with van der Waals surface area (Å²) in [6, 6.07) is 29.4. The third-order valence-electron chi connectivity index (χ3n) is 7.64. The van der Waals surface area contributed by atoms with E-state index in [1.807, 2.05) is 0 Å². The minimum Gasteiger partial charge on any atom is -0.473 e. The molecule has 0 saturated carbocycles. The zero-order valence-electron chi connectivity index (χ0n) is 22.1. The molecule has 3 atom stereocenters. The first-order valence-corrected chi connectivity index (χ1v) is 13.3. The van der Waals surface area contributed by atoms with Crippen LogP contribution >= 0.6 is 0 Å². The average Bonchev–Trinajstić information content (AvgIpc) is 2.92. The molecule has 3 aliphatic heterocycles. The van der Waals surface area contributed by atoms with E-state index in [0.29, 0.717) is 24.5 Å². The van der Waals surface area contributed by atoms with Gasteiger partial charge in [0.15, 0.2) is 0 Å². The molecule has 38 heavy (non-hydrogen) atoms. The van der Waals surface area contributed by atoms with E-state index in [9.17, 15) is 0 Å². The van der Waals surface area contributed by atoms with E-state index in [1.54, 1.807) is 0 Å². The van der Waals surface area contributed by atoms with Gasteiger partial charge in [-0.1, -0.05) is 90.0 Å². The van der Waals surface area contributed by atoms with Crippen LogP contribution in [-0.2, 0) is 27.4 Å². The number of ether oxygens (including phenoxy) is 1. The molecule has 3 fully saturated rings. The molecule has 200 valence electrons. The fourth-order valence-electron chi connectivity index (χ4n) is 6.10. The Morgan fingerprint density at radius 2 is 1.39 bits per heavy atom. The van der Waals surface area contributed by atoms with Crippen molar-refractivity contribution >= 4 is 11.9 Å². The van der Waals surface area contributed by atoms with Crippen LogP contribution in [0, 0.1) is 19.8 Å². The highest BCUT2D eigenvalue weighted by Crippen LogP contribution is 2.42. The fraction of sp³-hybridized carbons (Fsp3) is 0.375. The number of benzene rings is 3. The van der Waals surface area contributed by atoms with Gasteiger partial charge in [0.1, 0.15) is 0 Å². The topological polar surface area (TPSA) is 87.1 Å². The number of carbonyl (C=O) groups is 2. The van der Waals surface area contributed by atoms with Gasteiger partial charge in [0.2, 0.25) is 0 Å². The lowest BCUT2D eigenvalue weighted by molar-refractivity contribution is -0.159. The summed E-state index contributed by atoms with van der Waals surface area (Å²) in [6.45, 7) is 7.48. The van der Waals surface area contributed by atoms with Crippen LogP contribution in [-0.4, -0.2) is 52.3 Å². The van der Waals surface area contributed by atoms with Crippen LogP contribution < -0.4 is 0 Å². The minimum atomic E-state index is -1.82. The van der Waals surface area contributed by atoms with Gasteiger partial charge in [-0.05, 0) is 68.8 Å². The van der Waals surface area contributed by atoms with E-state index in [4.69, 9.17) is 24.5 Å². The lowest BCUT2D eigenvalue weighted by Crippen LogP contribution is -2.61. The molecule has 3 aromatic carbocycles. The Morgan fingerprint density at radius 3 is 1.95 bits per heavy atom. The highest BCUT2D eigenvalue weighted by molar-refractivity contribution is 6.27. The van der Waals surface area contributed by atoms with Crippen molar-refractivity contribution in [2.24, 2.45) is 5.92 Å². The molecule has 0 radical (unpaired) electrons. The second kappa shape index (κ2) is 12.9. The molecule has 0 aliphatic carbocycles. The molecule has 2 N–H and O–H groups in total. The largest absolute Gasteiger partial charge is 0.473 e. The van der Waals surface area contributed by atoms with Gasteiger partial charge in [0.05, 0.1) is 12.7 Å². The van der Waals surface area contributed by atoms with Crippen molar-refractivity contribution < 1.29 is 24.5 Å². The van der Waals surface area contributed by atoms with Gasteiger partial charge in [-0.2, -0.15) is 0 Å². The first kappa shape index (κ1) is 27.6. The van der Waals surface area contributed by atoms with Crippen LogP contribution in [0.25, 0.3) is 0 Å². The van der Waals surface area contributed by atoms with Crippen molar-refractivity contribution in [1.82, 2.24) is 4.90 Å². The summed E-state index contributed by atoms with van der Waals surface area (Å²) in [5.41, 5.74) is 6.79. The monoisotopic (exact) mass is 515 g/mol. The van der Waals surface area contributed by atoms with Crippen LogP contribution in [0.2, 0.25) is 0 Å². The Balaban J connectivity index is 0.000000505.